The maximum absolute atomic E-state index is 12.5. The van der Waals surface area contributed by atoms with Gasteiger partial charge < -0.3 is 5.73 Å². The number of carbonyl (C=O) groups is 1. The van der Waals surface area contributed by atoms with Gasteiger partial charge in [0.2, 0.25) is 0 Å². The van der Waals surface area contributed by atoms with Gasteiger partial charge >= 0.3 is 0 Å². The van der Waals surface area contributed by atoms with Gasteiger partial charge in [0.15, 0.2) is 5.13 Å². The van der Waals surface area contributed by atoms with Crippen LogP contribution in [0.5, 0.6) is 0 Å². The third kappa shape index (κ3) is 3.88. The number of nitrogens with zero attached hydrogens (tertiary/aromatic N) is 1. The van der Waals surface area contributed by atoms with Crippen LogP contribution in [0.4, 0.5) is 10.8 Å². The first kappa shape index (κ1) is 17.2. The van der Waals surface area contributed by atoms with Crippen molar-refractivity contribution in [1.29, 1.82) is 0 Å². The topological polar surface area (TPSA) is 68.0 Å². The summed E-state index contributed by atoms with van der Waals surface area (Å²) in [6, 6.07) is 15.4. The average molecular weight is 351 g/mol. The van der Waals surface area contributed by atoms with Crippen LogP contribution in [0.1, 0.15) is 36.7 Å². The lowest BCUT2D eigenvalue weighted by atomic mass is 9.85. The Hall–Kier alpha value is -2.66. The molecule has 0 aliphatic rings. The summed E-state index contributed by atoms with van der Waals surface area (Å²) in [6.45, 7) is 6.29. The van der Waals surface area contributed by atoms with E-state index in [2.05, 4.69) is 31.1 Å². The van der Waals surface area contributed by atoms with Crippen molar-refractivity contribution in [2.45, 2.75) is 26.2 Å². The number of nitrogens with one attached hydrogen (secondary N) is 1. The maximum Gasteiger partial charge on any atom is 0.257 e. The molecule has 0 saturated carbocycles. The van der Waals surface area contributed by atoms with Crippen molar-refractivity contribution < 1.29 is 4.79 Å². The Labute approximate surface area is 151 Å². The van der Waals surface area contributed by atoms with Crippen molar-refractivity contribution in [3.05, 3.63) is 65.9 Å². The Morgan fingerprint density at radius 2 is 1.84 bits per heavy atom. The largest absolute Gasteiger partial charge is 0.398 e. The molecule has 128 valence electrons. The Morgan fingerprint density at radius 3 is 2.48 bits per heavy atom. The van der Waals surface area contributed by atoms with Gasteiger partial charge in [0, 0.05) is 17.4 Å². The zero-order valence-electron chi connectivity index (χ0n) is 14.5. The number of benzene rings is 2. The van der Waals surface area contributed by atoms with Crippen LogP contribution in [0.3, 0.4) is 0 Å². The molecular formula is C20H21N3OS. The predicted octanol–water partition coefficient (Wildman–Crippen LogP) is 4.94. The number of anilines is 2. The first-order chi connectivity index (χ1) is 11.8. The molecule has 3 rings (SSSR count). The fraction of sp³-hybridized carbons (Fsp3) is 0.200. The van der Waals surface area contributed by atoms with E-state index in [1.54, 1.807) is 18.3 Å². The van der Waals surface area contributed by atoms with Crippen LogP contribution in [0.15, 0.2) is 54.7 Å². The molecule has 0 aliphatic carbocycles. The van der Waals surface area contributed by atoms with Crippen LogP contribution < -0.4 is 11.1 Å². The van der Waals surface area contributed by atoms with E-state index in [0.717, 1.165) is 16.0 Å². The van der Waals surface area contributed by atoms with Gasteiger partial charge in [0.05, 0.1) is 4.88 Å². The molecule has 0 atom stereocenters. The normalized spacial score (nSPS) is 11.3. The van der Waals surface area contributed by atoms with Crippen LogP contribution in [-0.2, 0) is 5.41 Å². The number of hydrogen-bond donors (Lipinski definition) is 2. The molecule has 0 saturated heterocycles. The van der Waals surface area contributed by atoms with Crippen LogP contribution in [0.2, 0.25) is 0 Å². The first-order valence-corrected chi connectivity index (χ1v) is 8.89. The molecule has 1 aromatic heterocycles. The number of rotatable bonds is 3. The van der Waals surface area contributed by atoms with Crippen molar-refractivity contribution in [3.8, 4) is 10.4 Å². The highest BCUT2D eigenvalue weighted by Crippen LogP contribution is 2.30. The highest BCUT2D eigenvalue weighted by atomic mass is 32.1. The lowest BCUT2D eigenvalue weighted by molar-refractivity contribution is 0.102. The standard InChI is InChI=1S/C20H21N3OS/c1-20(2,3)15-10-9-14(11-16(15)21)18(24)23-19-22-12-17(25-19)13-7-5-4-6-8-13/h4-12H,21H2,1-3H3,(H,22,23,24). The van der Waals surface area contributed by atoms with Crippen LogP contribution in [-0.4, -0.2) is 10.9 Å². The fourth-order valence-electron chi connectivity index (χ4n) is 2.62. The number of nitrogen functional groups attached to an aromatic ring is 1. The SMILES string of the molecule is CC(C)(C)c1ccc(C(=O)Nc2ncc(-c3ccccc3)s2)cc1N. The molecule has 3 N–H and O–H groups in total. The molecule has 25 heavy (non-hydrogen) atoms. The van der Waals surface area contributed by atoms with E-state index in [0.29, 0.717) is 16.4 Å². The summed E-state index contributed by atoms with van der Waals surface area (Å²) < 4.78 is 0. The number of hydrogen-bond acceptors (Lipinski definition) is 4. The number of carbonyl (C=O) groups excluding carboxylic acids is 1. The molecule has 3 aromatic rings. The highest BCUT2D eigenvalue weighted by Gasteiger charge is 2.18. The first-order valence-electron chi connectivity index (χ1n) is 8.07. The smallest absolute Gasteiger partial charge is 0.257 e. The lowest BCUT2D eigenvalue weighted by Crippen LogP contribution is -2.16. The Morgan fingerprint density at radius 1 is 1.12 bits per heavy atom. The molecule has 0 bridgehead atoms. The van der Waals surface area contributed by atoms with Crippen molar-refractivity contribution in [2.24, 2.45) is 0 Å². The van der Waals surface area contributed by atoms with E-state index in [-0.39, 0.29) is 11.3 Å². The molecular weight excluding hydrogens is 330 g/mol. The van der Waals surface area contributed by atoms with Gasteiger partial charge in [-0.25, -0.2) is 4.98 Å². The maximum atomic E-state index is 12.5. The van der Waals surface area contributed by atoms with Crippen molar-refractivity contribution in [2.75, 3.05) is 11.1 Å². The van der Waals surface area contributed by atoms with Crippen LogP contribution in [0.25, 0.3) is 10.4 Å². The molecule has 2 aromatic carbocycles. The molecule has 0 fully saturated rings. The predicted molar refractivity (Wildman–Crippen MR) is 105 cm³/mol. The Kier molecular flexibility index (Phi) is 4.59. The zero-order valence-corrected chi connectivity index (χ0v) is 15.4. The number of amides is 1. The second-order valence-corrected chi connectivity index (χ2v) is 7.93. The summed E-state index contributed by atoms with van der Waals surface area (Å²) >= 11 is 1.45. The zero-order chi connectivity index (χ0) is 18.0. The van der Waals surface area contributed by atoms with Gasteiger partial charge in [0.1, 0.15) is 0 Å². The highest BCUT2D eigenvalue weighted by molar-refractivity contribution is 7.19. The summed E-state index contributed by atoms with van der Waals surface area (Å²) in [7, 11) is 0. The van der Waals surface area contributed by atoms with E-state index in [4.69, 9.17) is 5.73 Å². The Bertz CT molecular complexity index is 895. The summed E-state index contributed by atoms with van der Waals surface area (Å²) in [5.74, 6) is -0.207. The molecule has 0 unspecified atom stereocenters. The quantitative estimate of drug-likeness (QED) is 0.657. The van der Waals surface area contributed by atoms with E-state index >= 15 is 0 Å². The second kappa shape index (κ2) is 6.69. The fourth-order valence-corrected chi connectivity index (χ4v) is 3.44. The Balaban J connectivity index is 1.77. The van der Waals surface area contributed by atoms with Gasteiger partial charge in [-0.05, 0) is 28.7 Å². The number of aromatic nitrogens is 1. The van der Waals surface area contributed by atoms with Crippen molar-refractivity contribution >= 4 is 28.1 Å². The van der Waals surface area contributed by atoms with E-state index in [1.165, 1.54) is 11.3 Å². The lowest BCUT2D eigenvalue weighted by Gasteiger charge is -2.21. The minimum atomic E-state index is -0.207. The summed E-state index contributed by atoms with van der Waals surface area (Å²) in [4.78, 5) is 17.8. The minimum Gasteiger partial charge on any atom is -0.398 e. The van der Waals surface area contributed by atoms with E-state index in [1.807, 2.05) is 36.4 Å². The van der Waals surface area contributed by atoms with Gasteiger partial charge in [0.25, 0.3) is 5.91 Å². The molecule has 1 heterocycles. The summed E-state index contributed by atoms with van der Waals surface area (Å²) in [6.07, 6.45) is 1.77. The number of thiazole rings is 1. The van der Waals surface area contributed by atoms with Crippen molar-refractivity contribution in [1.82, 2.24) is 4.98 Å². The second-order valence-electron chi connectivity index (χ2n) is 6.90. The molecule has 5 heteroatoms. The molecule has 1 amide bonds. The average Bonchev–Trinajstić information content (AvgIpc) is 3.03. The van der Waals surface area contributed by atoms with Crippen LogP contribution in [0, 0.1) is 0 Å². The summed E-state index contributed by atoms with van der Waals surface area (Å²) in [5.41, 5.74) is 9.34. The van der Waals surface area contributed by atoms with Gasteiger partial charge in [-0.3, -0.25) is 10.1 Å². The molecule has 0 radical (unpaired) electrons. The number of nitrogens with two attached hydrogens (primary N) is 1. The minimum absolute atomic E-state index is 0.0566. The third-order valence-corrected chi connectivity index (χ3v) is 4.87. The van der Waals surface area contributed by atoms with Gasteiger partial charge in [-0.1, -0.05) is 68.5 Å². The van der Waals surface area contributed by atoms with Crippen molar-refractivity contribution in [3.63, 3.8) is 0 Å². The van der Waals surface area contributed by atoms with Gasteiger partial charge in [-0.15, -0.1) is 0 Å². The van der Waals surface area contributed by atoms with Crippen LogP contribution >= 0.6 is 11.3 Å². The van der Waals surface area contributed by atoms with E-state index < -0.39 is 0 Å². The molecule has 0 spiro atoms. The van der Waals surface area contributed by atoms with Gasteiger partial charge in [-0.2, -0.15) is 0 Å². The molecule has 0 aliphatic heterocycles. The monoisotopic (exact) mass is 351 g/mol. The summed E-state index contributed by atoms with van der Waals surface area (Å²) in [5, 5.41) is 3.42. The molecule has 4 nitrogen and oxygen atoms in total. The third-order valence-electron chi connectivity index (χ3n) is 3.91. The van der Waals surface area contributed by atoms with E-state index in [9.17, 15) is 4.79 Å².